The summed E-state index contributed by atoms with van der Waals surface area (Å²) in [5, 5.41) is 6.30. The fourth-order valence-electron chi connectivity index (χ4n) is 4.76. The van der Waals surface area contributed by atoms with Gasteiger partial charge in [0.2, 0.25) is 5.88 Å². The number of nitrogens with one attached hydrogen (secondary N) is 2. The van der Waals surface area contributed by atoms with Crippen LogP contribution in [0.2, 0.25) is 0 Å². The molecule has 3 saturated heterocycles. The zero-order chi connectivity index (χ0) is 25.3. The normalized spacial score (nSPS) is 28.5. The first-order valence-corrected chi connectivity index (χ1v) is 12.0. The molecule has 2 aromatic rings. The molecule has 0 bridgehead atoms. The van der Waals surface area contributed by atoms with Gasteiger partial charge in [0.15, 0.2) is 11.5 Å². The molecule has 196 valence electrons. The highest BCUT2D eigenvalue weighted by Crippen LogP contribution is 2.37. The lowest BCUT2D eigenvalue weighted by molar-refractivity contribution is -0.156. The first-order chi connectivity index (χ1) is 17.2. The Bertz CT molecular complexity index is 1040. The van der Waals surface area contributed by atoms with Crippen molar-refractivity contribution < 1.29 is 32.1 Å². The van der Waals surface area contributed by atoms with E-state index in [1.807, 2.05) is 0 Å². The Labute approximate surface area is 206 Å². The van der Waals surface area contributed by atoms with E-state index in [0.29, 0.717) is 18.0 Å². The van der Waals surface area contributed by atoms with Gasteiger partial charge in [-0.25, -0.2) is 9.97 Å². The quantitative estimate of drug-likeness (QED) is 0.601. The van der Waals surface area contributed by atoms with Gasteiger partial charge in [-0.2, -0.15) is 13.2 Å². The van der Waals surface area contributed by atoms with Gasteiger partial charge >= 0.3 is 6.18 Å². The summed E-state index contributed by atoms with van der Waals surface area (Å²) < 4.78 is 63.1. The standard InChI is InChI=1S/C23H29F3N6O4/c1-22(2)35-20-15(31-18-9-28-8-17(32-18)23(24,25)26)11-33-16(21(20)36-22)12-34-19-10-29-14(7-30-19)13-3-5-27-6-4-13/h7-10,13,15-16,20-21,27H,3-6,11-12H2,1-2H3,(H,31,32)/t15-,16+,20+,21-/m0/s1. The topological polar surface area (TPSA) is 113 Å². The Morgan fingerprint density at radius 2 is 1.86 bits per heavy atom. The highest BCUT2D eigenvalue weighted by Gasteiger charge is 2.52. The molecule has 5 heterocycles. The number of halogens is 3. The van der Waals surface area contributed by atoms with Crippen molar-refractivity contribution in [1.82, 2.24) is 25.3 Å². The minimum atomic E-state index is -4.59. The Kier molecular flexibility index (Phi) is 6.99. The van der Waals surface area contributed by atoms with Gasteiger partial charge in [-0.3, -0.25) is 9.97 Å². The number of alkyl halides is 3. The number of hydrogen-bond acceptors (Lipinski definition) is 10. The first kappa shape index (κ1) is 25.1. The summed E-state index contributed by atoms with van der Waals surface area (Å²) in [4.78, 5) is 16.2. The summed E-state index contributed by atoms with van der Waals surface area (Å²) in [5.41, 5.74) is -0.123. The Hall–Kier alpha value is -2.61. The lowest BCUT2D eigenvalue weighted by atomic mass is 9.95. The highest BCUT2D eigenvalue weighted by molar-refractivity contribution is 5.35. The number of aromatic nitrogens is 4. The van der Waals surface area contributed by atoms with E-state index < -0.39 is 42.0 Å². The molecule has 4 atom stereocenters. The number of piperidine rings is 1. The van der Waals surface area contributed by atoms with E-state index in [1.165, 1.54) is 6.20 Å². The number of anilines is 1. The van der Waals surface area contributed by atoms with Crippen LogP contribution in [0.3, 0.4) is 0 Å². The van der Waals surface area contributed by atoms with Crippen LogP contribution in [-0.4, -0.2) is 76.4 Å². The third kappa shape index (κ3) is 5.69. The Morgan fingerprint density at radius 1 is 1.08 bits per heavy atom. The molecule has 2 aromatic heterocycles. The van der Waals surface area contributed by atoms with Crippen LogP contribution in [0, 0.1) is 0 Å². The van der Waals surface area contributed by atoms with Crippen molar-refractivity contribution in [3.63, 3.8) is 0 Å². The zero-order valence-corrected chi connectivity index (χ0v) is 20.0. The van der Waals surface area contributed by atoms with Crippen molar-refractivity contribution in [3.8, 4) is 5.88 Å². The maximum absolute atomic E-state index is 13.0. The van der Waals surface area contributed by atoms with E-state index in [0.717, 1.165) is 31.6 Å². The monoisotopic (exact) mass is 510 g/mol. The molecule has 0 spiro atoms. The predicted octanol–water partition coefficient (Wildman–Crippen LogP) is 2.53. The Morgan fingerprint density at radius 3 is 2.58 bits per heavy atom. The summed E-state index contributed by atoms with van der Waals surface area (Å²) >= 11 is 0. The number of hydrogen-bond donors (Lipinski definition) is 2. The highest BCUT2D eigenvalue weighted by atomic mass is 19.4. The molecular weight excluding hydrogens is 481 g/mol. The SMILES string of the molecule is CC1(C)O[C@@H]2[C@H](O1)[C@@H](Nc1cncc(C(F)(F)F)n1)CO[C@@H]2COc1cnc(C2CCNCC2)cn1. The maximum Gasteiger partial charge on any atom is 0.434 e. The van der Waals surface area contributed by atoms with Crippen LogP contribution < -0.4 is 15.4 Å². The second kappa shape index (κ2) is 10.0. The average Bonchev–Trinajstić information content (AvgIpc) is 3.20. The summed E-state index contributed by atoms with van der Waals surface area (Å²) in [6.45, 7) is 5.79. The summed E-state index contributed by atoms with van der Waals surface area (Å²) in [7, 11) is 0. The molecule has 3 aliphatic heterocycles. The van der Waals surface area contributed by atoms with E-state index in [9.17, 15) is 13.2 Å². The molecule has 10 nitrogen and oxygen atoms in total. The lowest BCUT2D eigenvalue weighted by Crippen LogP contribution is -2.55. The molecule has 0 unspecified atom stereocenters. The predicted molar refractivity (Wildman–Crippen MR) is 120 cm³/mol. The van der Waals surface area contributed by atoms with Crippen LogP contribution in [-0.2, 0) is 20.4 Å². The largest absolute Gasteiger partial charge is 0.474 e. The minimum absolute atomic E-state index is 0.0238. The van der Waals surface area contributed by atoms with Gasteiger partial charge in [0.1, 0.15) is 30.7 Å². The van der Waals surface area contributed by atoms with Crippen LogP contribution >= 0.6 is 0 Å². The fraction of sp³-hybridized carbons (Fsp3) is 0.652. The van der Waals surface area contributed by atoms with Gasteiger partial charge in [-0.1, -0.05) is 0 Å². The van der Waals surface area contributed by atoms with E-state index in [2.05, 4.69) is 30.6 Å². The second-order valence-electron chi connectivity index (χ2n) is 9.59. The molecule has 3 fully saturated rings. The average molecular weight is 511 g/mol. The number of ether oxygens (including phenoxy) is 4. The van der Waals surface area contributed by atoms with E-state index in [4.69, 9.17) is 18.9 Å². The van der Waals surface area contributed by atoms with Crippen molar-refractivity contribution in [2.75, 3.05) is 31.6 Å². The van der Waals surface area contributed by atoms with Gasteiger partial charge < -0.3 is 29.6 Å². The number of nitrogens with zero attached hydrogens (tertiary/aromatic N) is 4. The van der Waals surface area contributed by atoms with E-state index in [-0.39, 0.29) is 19.0 Å². The van der Waals surface area contributed by atoms with Crippen LogP contribution in [0.1, 0.15) is 44.0 Å². The maximum atomic E-state index is 13.0. The third-order valence-corrected chi connectivity index (χ3v) is 6.48. The first-order valence-electron chi connectivity index (χ1n) is 12.0. The Balaban J connectivity index is 1.22. The number of rotatable bonds is 6. The van der Waals surface area contributed by atoms with Crippen molar-refractivity contribution in [2.24, 2.45) is 0 Å². The molecule has 0 amide bonds. The van der Waals surface area contributed by atoms with Gasteiger partial charge in [-0.05, 0) is 39.8 Å². The van der Waals surface area contributed by atoms with Gasteiger partial charge in [0.05, 0.1) is 43.1 Å². The van der Waals surface area contributed by atoms with E-state index in [1.54, 1.807) is 26.2 Å². The minimum Gasteiger partial charge on any atom is -0.474 e. The van der Waals surface area contributed by atoms with Gasteiger partial charge in [0, 0.05) is 5.92 Å². The molecule has 13 heteroatoms. The smallest absolute Gasteiger partial charge is 0.434 e. The van der Waals surface area contributed by atoms with Crippen LogP contribution in [0.15, 0.2) is 24.8 Å². The van der Waals surface area contributed by atoms with E-state index >= 15 is 0 Å². The van der Waals surface area contributed by atoms with Gasteiger partial charge in [0.25, 0.3) is 0 Å². The van der Waals surface area contributed by atoms with Crippen molar-refractivity contribution in [1.29, 1.82) is 0 Å². The van der Waals surface area contributed by atoms with Crippen molar-refractivity contribution in [2.45, 2.75) is 68.9 Å². The van der Waals surface area contributed by atoms with Crippen molar-refractivity contribution in [3.05, 3.63) is 36.2 Å². The molecule has 0 radical (unpaired) electrons. The van der Waals surface area contributed by atoms with Crippen LogP contribution in [0.4, 0.5) is 19.0 Å². The molecular formula is C23H29F3N6O4. The zero-order valence-electron chi connectivity index (χ0n) is 20.0. The van der Waals surface area contributed by atoms with Gasteiger partial charge in [-0.15, -0.1) is 0 Å². The fourth-order valence-corrected chi connectivity index (χ4v) is 4.76. The molecule has 2 N–H and O–H groups in total. The third-order valence-electron chi connectivity index (χ3n) is 6.48. The molecule has 5 rings (SSSR count). The molecule has 0 saturated carbocycles. The number of fused-ring (bicyclic) bond motifs is 1. The molecule has 3 aliphatic rings. The van der Waals surface area contributed by atoms with Crippen LogP contribution in [0.5, 0.6) is 5.88 Å². The summed E-state index contributed by atoms with van der Waals surface area (Å²) in [6.07, 6.45) is 1.24. The summed E-state index contributed by atoms with van der Waals surface area (Å²) in [5.74, 6) is -0.154. The molecule has 36 heavy (non-hydrogen) atoms. The molecule has 0 aliphatic carbocycles. The lowest BCUT2D eigenvalue weighted by Gasteiger charge is -2.37. The molecule has 0 aromatic carbocycles. The van der Waals surface area contributed by atoms with Crippen LogP contribution in [0.25, 0.3) is 0 Å². The summed E-state index contributed by atoms with van der Waals surface area (Å²) in [6, 6.07) is -0.505. The van der Waals surface area contributed by atoms with Crippen molar-refractivity contribution >= 4 is 5.82 Å². The second-order valence-corrected chi connectivity index (χ2v) is 9.59.